The summed E-state index contributed by atoms with van der Waals surface area (Å²) < 4.78 is 5.30. The summed E-state index contributed by atoms with van der Waals surface area (Å²) in [5, 5.41) is 14.6. The molecule has 0 radical (unpaired) electrons. The maximum atomic E-state index is 12.7. The molecule has 0 spiro atoms. The number of ether oxygens (including phenoxy) is 1. The molecule has 0 fully saturated rings. The Morgan fingerprint density at radius 3 is 2.42 bits per heavy atom. The van der Waals surface area contributed by atoms with Crippen LogP contribution in [-0.4, -0.2) is 28.8 Å². The first-order valence-corrected chi connectivity index (χ1v) is 8.12. The van der Waals surface area contributed by atoms with E-state index in [0.717, 1.165) is 5.56 Å². The second-order valence-corrected chi connectivity index (χ2v) is 5.86. The van der Waals surface area contributed by atoms with Crippen molar-refractivity contribution >= 4 is 29.4 Å². The van der Waals surface area contributed by atoms with E-state index in [0.29, 0.717) is 22.7 Å². The van der Waals surface area contributed by atoms with Crippen molar-refractivity contribution in [2.75, 3.05) is 5.01 Å². The van der Waals surface area contributed by atoms with Gasteiger partial charge in [0.25, 0.3) is 5.91 Å². The number of anilines is 1. The summed E-state index contributed by atoms with van der Waals surface area (Å²) >= 11 is 0. The predicted octanol–water partition coefficient (Wildman–Crippen LogP) is 3.34. The number of carboxylic acid groups (broad SMARTS) is 1. The highest BCUT2D eigenvalue weighted by Crippen LogP contribution is 2.25. The van der Waals surface area contributed by atoms with Crippen LogP contribution >= 0.6 is 0 Å². The van der Waals surface area contributed by atoms with Gasteiger partial charge in [-0.25, -0.2) is 4.79 Å². The molecule has 1 atom stereocenters. The zero-order chi connectivity index (χ0) is 18.7. The Morgan fingerprint density at radius 1 is 1.15 bits per heavy atom. The van der Waals surface area contributed by atoms with E-state index in [9.17, 15) is 9.59 Å². The average Bonchev–Trinajstić information content (AvgIpc) is 2.92. The first kappa shape index (κ1) is 17.4. The van der Waals surface area contributed by atoms with E-state index >= 15 is 0 Å². The minimum atomic E-state index is -1.03. The number of rotatable bonds is 5. The minimum Gasteiger partial charge on any atom is -0.479 e. The quantitative estimate of drug-likeness (QED) is 0.839. The van der Waals surface area contributed by atoms with Gasteiger partial charge in [0.15, 0.2) is 6.10 Å². The maximum Gasteiger partial charge on any atom is 0.344 e. The van der Waals surface area contributed by atoms with Crippen LogP contribution in [0.2, 0.25) is 0 Å². The van der Waals surface area contributed by atoms with Gasteiger partial charge in [-0.15, -0.1) is 0 Å². The van der Waals surface area contributed by atoms with Gasteiger partial charge in [0.2, 0.25) is 0 Å². The zero-order valence-corrected chi connectivity index (χ0v) is 14.4. The highest BCUT2D eigenvalue weighted by molar-refractivity contribution is 6.32. The molecule has 0 aliphatic carbocycles. The van der Waals surface area contributed by atoms with Crippen LogP contribution in [0.4, 0.5) is 5.69 Å². The number of hydrazone groups is 1. The Balaban J connectivity index is 1.79. The standard InChI is InChI=1S/C20H18N2O4/c1-13-18(19(23)22(21-13)16-6-4-3-5-7-16)12-15-8-10-17(11-9-15)26-14(2)20(24)25/h3-12,14H,1-2H3,(H,24,25)/b18-12+/t14-/m1/s1. The first-order valence-electron chi connectivity index (χ1n) is 8.12. The number of hydrogen-bond acceptors (Lipinski definition) is 4. The third kappa shape index (κ3) is 3.64. The number of benzene rings is 2. The second kappa shape index (κ2) is 7.23. The lowest BCUT2D eigenvalue weighted by Crippen LogP contribution is -2.22. The molecule has 0 saturated carbocycles. The van der Waals surface area contributed by atoms with E-state index < -0.39 is 12.1 Å². The number of carbonyl (C=O) groups is 2. The fourth-order valence-corrected chi connectivity index (χ4v) is 2.49. The van der Waals surface area contributed by atoms with Crippen LogP contribution in [0.15, 0.2) is 65.3 Å². The minimum absolute atomic E-state index is 0.187. The number of carboxylic acids is 1. The molecule has 1 N–H and O–H groups in total. The SMILES string of the molecule is CC1=NN(c2ccccc2)C(=O)/C1=C/c1ccc(O[C@H](C)C(=O)O)cc1. The summed E-state index contributed by atoms with van der Waals surface area (Å²) in [5.74, 6) is -0.759. The lowest BCUT2D eigenvalue weighted by atomic mass is 10.1. The Hall–Kier alpha value is -3.41. The molecule has 6 heteroatoms. The average molecular weight is 350 g/mol. The van der Waals surface area contributed by atoms with Crippen LogP contribution in [0.25, 0.3) is 6.08 Å². The summed E-state index contributed by atoms with van der Waals surface area (Å²) in [4.78, 5) is 23.5. The van der Waals surface area contributed by atoms with Gasteiger partial charge in [0.1, 0.15) is 5.75 Å². The number of carbonyl (C=O) groups excluding carboxylic acids is 1. The Labute approximate surface area is 151 Å². The topological polar surface area (TPSA) is 79.2 Å². The van der Waals surface area contributed by atoms with Crippen molar-refractivity contribution in [1.29, 1.82) is 0 Å². The van der Waals surface area contributed by atoms with E-state index in [1.807, 2.05) is 30.3 Å². The Morgan fingerprint density at radius 2 is 1.81 bits per heavy atom. The summed E-state index contributed by atoms with van der Waals surface area (Å²) in [6.07, 6.45) is 0.832. The maximum absolute atomic E-state index is 12.7. The smallest absolute Gasteiger partial charge is 0.344 e. The third-order valence-corrected chi connectivity index (χ3v) is 3.92. The molecule has 2 aromatic rings. The molecule has 1 aliphatic heterocycles. The third-order valence-electron chi connectivity index (χ3n) is 3.92. The van der Waals surface area contributed by atoms with E-state index in [4.69, 9.17) is 9.84 Å². The fraction of sp³-hybridized carbons (Fsp3) is 0.150. The monoisotopic (exact) mass is 350 g/mol. The molecule has 26 heavy (non-hydrogen) atoms. The van der Waals surface area contributed by atoms with Gasteiger partial charge in [-0.2, -0.15) is 10.1 Å². The molecular formula is C20H18N2O4. The van der Waals surface area contributed by atoms with Gasteiger partial charge in [-0.3, -0.25) is 4.79 Å². The molecule has 6 nitrogen and oxygen atoms in total. The molecule has 132 valence electrons. The number of amides is 1. The summed E-state index contributed by atoms with van der Waals surface area (Å²) in [6.45, 7) is 3.26. The number of hydrogen-bond donors (Lipinski definition) is 1. The first-order chi connectivity index (χ1) is 12.5. The van der Waals surface area contributed by atoms with Crippen molar-refractivity contribution in [1.82, 2.24) is 0 Å². The number of nitrogens with zero attached hydrogens (tertiary/aromatic N) is 2. The molecule has 0 unspecified atom stereocenters. The van der Waals surface area contributed by atoms with E-state index in [2.05, 4.69) is 5.10 Å². The molecule has 2 aromatic carbocycles. The summed E-state index contributed by atoms with van der Waals surface area (Å²) in [7, 11) is 0. The number of para-hydroxylation sites is 1. The molecule has 0 saturated heterocycles. The molecular weight excluding hydrogens is 332 g/mol. The summed E-state index contributed by atoms with van der Waals surface area (Å²) in [6, 6.07) is 16.1. The largest absolute Gasteiger partial charge is 0.479 e. The number of aliphatic carboxylic acids is 1. The normalized spacial score (nSPS) is 16.5. The highest BCUT2D eigenvalue weighted by Gasteiger charge is 2.28. The van der Waals surface area contributed by atoms with Crippen molar-refractivity contribution in [2.45, 2.75) is 20.0 Å². The van der Waals surface area contributed by atoms with Crippen LogP contribution in [-0.2, 0) is 9.59 Å². The van der Waals surface area contributed by atoms with Gasteiger partial charge in [-0.1, -0.05) is 30.3 Å². The van der Waals surface area contributed by atoms with Crippen molar-refractivity contribution in [3.63, 3.8) is 0 Å². The fourth-order valence-electron chi connectivity index (χ4n) is 2.49. The molecule has 1 amide bonds. The van der Waals surface area contributed by atoms with Crippen LogP contribution < -0.4 is 9.75 Å². The van der Waals surface area contributed by atoms with Crippen molar-refractivity contribution in [3.8, 4) is 5.75 Å². The molecule has 0 aromatic heterocycles. The van der Waals surface area contributed by atoms with Crippen LogP contribution in [0, 0.1) is 0 Å². The predicted molar refractivity (Wildman–Crippen MR) is 99.2 cm³/mol. The van der Waals surface area contributed by atoms with Gasteiger partial charge < -0.3 is 9.84 Å². The van der Waals surface area contributed by atoms with Gasteiger partial charge in [0.05, 0.1) is 17.0 Å². The second-order valence-electron chi connectivity index (χ2n) is 5.86. The van der Waals surface area contributed by atoms with Crippen molar-refractivity contribution < 1.29 is 19.4 Å². The van der Waals surface area contributed by atoms with Crippen LogP contribution in [0.5, 0.6) is 5.75 Å². The van der Waals surface area contributed by atoms with Crippen LogP contribution in [0.1, 0.15) is 19.4 Å². The lowest BCUT2D eigenvalue weighted by molar-refractivity contribution is -0.144. The van der Waals surface area contributed by atoms with E-state index in [1.165, 1.54) is 11.9 Å². The zero-order valence-electron chi connectivity index (χ0n) is 14.4. The summed E-state index contributed by atoms with van der Waals surface area (Å²) in [5.41, 5.74) is 2.67. The van der Waals surface area contributed by atoms with Gasteiger partial charge >= 0.3 is 5.97 Å². The Bertz CT molecular complexity index is 886. The van der Waals surface area contributed by atoms with Crippen molar-refractivity contribution in [3.05, 3.63) is 65.7 Å². The Kier molecular flexibility index (Phi) is 4.84. The molecule has 1 heterocycles. The van der Waals surface area contributed by atoms with Gasteiger partial charge in [0, 0.05) is 0 Å². The van der Waals surface area contributed by atoms with Crippen molar-refractivity contribution in [2.24, 2.45) is 5.10 Å². The van der Waals surface area contributed by atoms with Gasteiger partial charge in [-0.05, 0) is 49.8 Å². The molecule has 1 aliphatic rings. The van der Waals surface area contributed by atoms with E-state index in [1.54, 1.807) is 37.3 Å². The molecule has 0 bridgehead atoms. The van der Waals surface area contributed by atoms with Crippen LogP contribution in [0.3, 0.4) is 0 Å². The lowest BCUT2D eigenvalue weighted by Gasteiger charge is -2.11. The molecule has 3 rings (SSSR count). The van der Waals surface area contributed by atoms with E-state index in [-0.39, 0.29) is 5.91 Å². The highest BCUT2D eigenvalue weighted by atomic mass is 16.5.